The lowest BCUT2D eigenvalue weighted by Crippen LogP contribution is -2.19. The summed E-state index contributed by atoms with van der Waals surface area (Å²) in [6, 6.07) is 37.9. The Morgan fingerprint density at radius 1 is 0.474 bits per heavy atom. The van der Waals surface area contributed by atoms with Gasteiger partial charge in [-0.3, -0.25) is 9.59 Å². The lowest BCUT2D eigenvalue weighted by Gasteiger charge is -2.21. The maximum absolute atomic E-state index is 13.1. The molecule has 2 amide bonds. The Morgan fingerprint density at radius 3 is 1.47 bits per heavy atom. The predicted molar refractivity (Wildman–Crippen MR) is 154 cm³/mol. The molecule has 0 aromatic heterocycles. The third-order valence-electron chi connectivity index (χ3n) is 6.24. The summed E-state index contributed by atoms with van der Waals surface area (Å²) >= 11 is 0. The third-order valence-corrected chi connectivity index (χ3v) is 6.24. The molecule has 186 valence electrons. The highest BCUT2D eigenvalue weighted by molar-refractivity contribution is 6.14. The zero-order valence-corrected chi connectivity index (χ0v) is 20.5. The van der Waals surface area contributed by atoms with Crippen LogP contribution in [0.3, 0.4) is 0 Å². The number of carbonyl (C=O) groups excluding carboxylic acids is 2. The van der Waals surface area contributed by atoms with E-state index in [2.05, 4.69) is 10.6 Å². The molecule has 6 nitrogen and oxygen atoms in total. The van der Waals surface area contributed by atoms with Gasteiger partial charge in [0, 0.05) is 45.0 Å². The van der Waals surface area contributed by atoms with Crippen LogP contribution >= 0.6 is 0 Å². The van der Waals surface area contributed by atoms with Crippen LogP contribution in [0.5, 0.6) is 0 Å². The largest absolute Gasteiger partial charge is 0.366 e. The summed E-state index contributed by atoms with van der Waals surface area (Å²) in [6.07, 6.45) is 0. The molecule has 0 spiro atoms. The lowest BCUT2D eigenvalue weighted by molar-refractivity contribution is 0.0999. The normalized spacial score (nSPS) is 10.5. The Morgan fingerprint density at radius 2 is 0.947 bits per heavy atom. The van der Waals surface area contributed by atoms with Crippen molar-refractivity contribution in [3.63, 3.8) is 0 Å². The number of benzene rings is 5. The Labute approximate surface area is 220 Å². The summed E-state index contributed by atoms with van der Waals surface area (Å²) in [5.41, 5.74) is 17.9. The van der Waals surface area contributed by atoms with Crippen molar-refractivity contribution in [3.05, 3.63) is 132 Å². The number of carbonyl (C=O) groups is 2. The summed E-state index contributed by atoms with van der Waals surface area (Å²) in [4.78, 5) is 25.8. The number of nitrogens with one attached hydrogen (secondary N) is 2. The van der Waals surface area contributed by atoms with Crippen molar-refractivity contribution < 1.29 is 9.59 Å². The van der Waals surface area contributed by atoms with E-state index < -0.39 is 11.8 Å². The van der Waals surface area contributed by atoms with Crippen LogP contribution in [0.25, 0.3) is 22.3 Å². The number of hydrogen-bond acceptors (Lipinski definition) is 4. The third kappa shape index (κ3) is 4.96. The number of amides is 2. The summed E-state index contributed by atoms with van der Waals surface area (Å²) in [5, 5.41) is 6.81. The molecule has 0 aliphatic carbocycles. The van der Waals surface area contributed by atoms with E-state index >= 15 is 0 Å². The minimum atomic E-state index is -0.665. The second kappa shape index (κ2) is 10.7. The van der Waals surface area contributed by atoms with E-state index in [-0.39, 0.29) is 11.1 Å². The van der Waals surface area contributed by atoms with E-state index in [1.54, 1.807) is 12.1 Å². The van der Waals surface area contributed by atoms with Crippen molar-refractivity contribution in [1.29, 1.82) is 0 Å². The summed E-state index contributed by atoms with van der Waals surface area (Å²) in [5.74, 6) is -1.32. The molecule has 5 aromatic rings. The molecule has 6 N–H and O–H groups in total. The standard InChI is InChI=1S/C32H26N4O2/c33-31(37)26-20-19-24(23-15-7-9-17-27(23)35-21-11-3-1-4-12-21)30(32(34)38)29(26)25-16-8-10-18-28(25)36-22-13-5-2-6-14-22/h1-20,35-36H,(H2,33,37)(H2,34,38). The molecule has 0 aliphatic heterocycles. The fraction of sp³-hybridized carbons (Fsp3) is 0. The van der Waals surface area contributed by atoms with Gasteiger partial charge in [0.1, 0.15) is 0 Å². The van der Waals surface area contributed by atoms with Gasteiger partial charge in [0.15, 0.2) is 0 Å². The monoisotopic (exact) mass is 498 g/mol. The van der Waals surface area contributed by atoms with E-state index in [0.717, 1.165) is 22.6 Å². The Hall–Kier alpha value is -5.36. The van der Waals surface area contributed by atoms with Gasteiger partial charge in [0.2, 0.25) is 11.8 Å². The highest BCUT2D eigenvalue weighted by Gasteiger charge is 2.25. The molecule has 5 aromatic carbocycles. The second-order valence-electron chi connectivity index (χ2n) is 8.71. The SMILES string of the molecule is NC(=O)c1ccc(-c2ccccc2Nc2ccccc2)c(C(N)=O)c1-c1ccccc1Nc1ccccc1. The van der Waals surface area contributed by atoms with E-state index in [9.17, 15) is 9.59 Å². The first-order valence-corrected chi connectivity index (χ1v) is 12.1. The minimum absolute atomic E-state index is 0.207. The van der Waals surface area contributed by atoms with Gasteiger partial charge in [-0.15, -0.1) is 0 Å². The van der Waals surface area contributed by atoms with E-state index in [1.807, 2.05) is 109 Å². The van der Waals surface area contributed by atoms with Gasteiger partial charge in [-0.25, -0.2) is 0 Å². The molecular formula is C32H26N4O2. The number of rotatable bonds is 8. The van der Waals surface area contributed by atoms with E-state index in [1.165, 1.54) is 0 Å². The van der Waals surface area contributed by atoms with Gasteiger partial charge in [-0.05, 0) is 48.0 Å². The minimum Gasteiger partial charge on any atom is -0.366 e. The summed E-state index contributed by atoms with van der Waals surface area (Å²) in [6.45, 7) is 0. The van der Waals surface area contributed by atoms with Crippen molar-refractivity contribution in [2.75, 3.05) is 10.6 Å². The topological polar surface area (TPSA) is 110 Å². The van der Waals surface area contributed by atoms with Crippen LogP contribution < -0.4 is 22.1 Å². The number of para-hydroxylation sites is 4. The van der Waals surface area contributed by atoms with Crippen molar-refractivity contribution in [2.45, 2.75) is 0 Å². The average molecular weight is 499 g/mol. The smallest absolute Gasteiger partial charge is 0.249 e. The Balaban J connectivity index is 1.74. The Bertz CT molecular complexity index is 1620. The van der Waals surface area contributed by atoms with Gasteiger partial charge in [-0.2, -0.15) is 0 Å². The first-order valence-electron chi connectivity index (χ1n) is 12.1. The van der Waals surface area contributed by atoms with Crippen LogP contribution in [0.2, 0.25) is 0 Å². The Kier molecular flexibility index (Phi) is 6.87. The maximum atomic E-state index is 13.1. The summed E-state index contributed by atoms with van der Waals surface area (Å²) < 4.78 is 0. The van der Waals surface area contributed by atoms with Crippen molar-refractivity contribution in [3.8, 4) is 22.3 Å². The van der Waals surface area contributed by atoms with Gasteiger partial charge in [0.05, 0.1) is 5.56 Å². The molecule has 0 radical (unpaired) electrons. The molecule has 0 bridgehead atoms. The van der Waals surface area contributed by atoms with Gasteiger partial charge in [0.25, 0.3) is 0 Å². The van der Waals surface area contributed by atoms with Crippen LogP contribution in [0, 0.1) is 0 Å². The number of nitrogens with two attached hydrogens (primary N) is 2. The van der Waals surface area contributed by atoms with Crippen LogP contribution in [0.15, 0.2) is 121 Å². The number of primary amides is 2. The van der Waals surface area contributed by atoms with Crippen molar-refractivity contribution in [2.24, 2.45) is 11.5 Å². The molecular weight excluding hydrogens is 472 g/mol. The van der Waals surface area contributed by atoms with E-state index in [4.69, 9.17) is 11.5 Å². The van der Waals surface area contributed by atoms with Crippen LogP contribution in [-0.2, 0) is 0 Å². The molecule has 0 atom stereocenters. The fourth-order valence-corrected chi connectivity index (χ4v) is 4.56. The average Bonchev–Trinajstić information content (AvgIpc) is 2.94. The van der Waals surface area contributed by atoms with Gasteiger partial charge < -0.3 is 22.1 Å². The maximum Gasteiger partial charge on any atom is 0.249 e. The highest BCUT2D eigenvalue weighted by Crippen LogP contribution is 2.41. The van der Waals surface area contributed by atoms with Crippen LogP contribution in [-0.4, -0.2) is 11.8 Å². The number of hydrogen-bond donors (Lipinski definition) is 4. The van der Waals surface area contributed by atoms with E-state index in [0.29, 0.717) is 22.4 Å². The fourth-order valence-electron chi connectivity index (χ4n) is 4.56. The second-order valence-corrected chi connectivity index (χ2v) is 8.71. The molecule has 0 saturated carbocycles. The zero-order valence-electron chi connectivity index (χ0n) is 20.5. The van der Waals surface area contributed by atoms with Crippen LogP contribution in [0.4, 0.5) is 22.7 Å². The molecule has 0 aliphatic rings. The molecule has 38 heavy (non-hydrogen) atoms. The first-order chi connectivity index (χ1) is 18.5. The predicted octanol–water partition coefficient (Wildman–Crippen LogP) is 6.71. The van der Waals surface area contributed by atoms with Crippen molar-refractivity contribution >= 4 is 34.6 Å². The quantitative estimate of drug-likeness (QED) is 0.191. The molecule has 5 rings (SSSR count). The molecule has 0 unspecified atom stereocenters. The summed E-state index contributed by atoms with van der Waals surface area (Å²) in [7, 11) is 0. The van der Waals surface area contributed by atoms with Crippen LogP contribution in [0.1, 0.15) is 20.7 Å². The van der Waals surface area contributed by atoms with Gasteiger partial charge in [-0.1, -0.05) is 78.9 Å². The van der Waals surface area contributed by atoms with Crippen molar-refractivity contribution in [1.82, 2.24) is 0 Å². The molecule has 0 saturated heterocycles. The van der Waals surface area contributed by atoms with Gasteiger partial charge >= 0.3 is 0 Å². The molecule has 6 heteroatoms. The number of anilines is 4. The lowest BCUT2D eigenvalue weighted by atomic mass is 9.86. The molecule has 0 fully saturated rings. The first kappa shape index (κ1) is 24.3. The molecule has 0 heterocycles. The zero-order chi connectivity index (χ0) is 26.5. The highest BCUT2D eigenvalue weighted by atomic mass is 16.1.